The summed E-state index contributed by atoms with van der Waals surface area (Å²) < 4.78 is 0. The van der Waals surface area contributed by atoms with E-state index in [9.17, 15) is 19.6 Å². The molecule has 1 aromatic rings. The van der Waals surface area contributed by atoms with Crippen LogP contribution in [0.1, 0.15) is 48.1 Å². The van der Waals surface area contributed by atoms with E-state index < -0.39 is 11.9 Å². The summed E-state index contributed by atoms with van der Waals surface area (Å²) in [5.74, 6) is -0.149. The van der Waals surface area contributed by atoms with Gasteiger partial charge < -0.3 is 21.3 Å². The standard InChI is InChI=1S/C23H28N6O3/c1-12(13-2-4-14(5-3-13)21(26)30)28-17-8-20(23(28)32)27(10-17)11-18(25)22(31)29-16(9-24)6-15-7-19(15)29/h2-5,12,15-20H,6-8,10-11,25H2,1H3,(H2,26,30)/t12-,15+,16-,17+,18-,19?,20+/m0/s1. The molecule has 4 aliphatic rings. The van der Waals surface area contributed by atoms with Crippen LogP contribution in [0.4, 0.5) is 0 Å². The van der Waals surface area contributed by atoms with Gasteiger partial charge in [-0.2, -0.15) is 5.26 Å². The summed E-state index contributed by atoms with van der Waals surface area (Å²) in [5.41, 5.74) is 13.0. The number of piperidine rings is 1. The van der Waals surface area contributed by atoms with Gasteiger partial charge in [-0.05, 0) is 49.8 Å². The van der Waals surface area contributed by atoms with E-state index in [0.29, 0.717) is 24.6 Å². The van der Waals surface area contributed by atoms with E-state index >= 15 is 0 Å². The molecule has 0 spiro atoms. The number of carbonyl (C=O) groups excluding carboxylic acids is 3. The van der Waals surface area contributed by atoms with E-state index in [1.807, 2.05) is 28.9 Å². The fourth-order valence-corrected chi connectivity index (χ4v) is 5.90. The van der Waals surface area contributed by atoms with Crippen molar-refractivity contribution in [2.75, 3.05) is 13.1 Å². The lowest BCUT2D eigenvalue weighted by atomic mass is 10.0. The first-order valence-corrected chi connectivity index (χ1v) is 11.2. The highest BCUT2D eigenvalue weighted by molar-refractivity contribution is 5.92. The van der Waals surface area contributed by atoms with E-state index in [0.717, 1.165) is 24.8 Å². The Morgan fingerprint density at radius 3 is 2.56 bits per heavy atom. The summed E-state index contributed by atoms with van der Waals surface area (Å²) in [6.45, 7) is 2.99. The molecule has 4 fully saturated rings. The van der Waals surface area contributed by atoms with Crippen molar-refractivity contribution in [2.45, 2.75) is 62.4 Å². The minimum Gasteiger partial charge on any atom is -0.366 e. The van der Waals surface area contributed by atoms with Gasteiger partial charge in [0.15, 0.2) is 0 Å². The molecule has 3 saturated heterocycles. The van der Waals surface area contributed by atoms with Crippen molar-refractivity contribution in [1.82, 2.24) is 14.7 Å². The van der Waals surface area contributed by atoms with Gasteiger partial charge in [-0.1, -0.05) is 12.1 Å². The molecule has 9 heteroatoms. The monoisotopic (exact) mass is 436 g/mol. The first-order valence-electron chi connectivity index (χ1n) is 11.2. The number of rotatable bonds is 6. The molecule has 3 aliphatic heterocycles. The van der Waals surface area contributed by atoms with E-state index in [1.54, 1.807) is 17.0 Å². The number of primary amides is 1. The summed E-state index contributed by atoms with van der Waals surface area (Å²) in [4.78, 5) is 43.0. The molecule has 4 N–H and O–H groups in total. The third-order valence-electron chi connectivity index (χ3n) is 7.67. The van der Waals surface area contributed by atoms with Crippen LogP contribution in [-0.2, 0) is 9.59 Å². The van der Waals surface area contributed by atoms with Crippen molar-refractivity contribution in [2.24, 2.45) is 17.4 Å². The highest BCUT2D eigenvalue weighted by atomic mass is 16.2. The number of nitriles is 1. The molecule has 9 nitrogen and oxygen atoms in total. The second kappa shape index (κ2) is 7.57. The van der Waals surface area contributed by atoms with Gasteiger partial charge in [0.05, 0.1) is 24.2 Å². The van der Waals surface area contributed by atoms with E-state index in [1.165, 1.54) is 0 Å². The maximum atomic E-state index is 13.2. The quantitative estimate of drug-likeness (QED) is 0.643. The largest absolute Gasteiger partial charge is 0.366 e. The normalized spacial score (nSPS) is 32.5. The second-order valence-corrected chi connectivity index (χ2v) is 9.56. The summed E-state index contributed by atoms with van der Waals surface area (Å²) >= 11 is 0. The van der Waals surface area contributed by atoms with Crippen LogP contribution in [0.2, 0.25) is 0 Å². The van der Waals surface area contributed by atoms with Crippen LogP contribution in [0.15, 0.2) is 24.3 Å². The van der Waals surface area contributed by atoms with Crippen LogP contribution in [0.25, 0.3) is 0 Å². The van der Waals surface area contributed by atoms with Crippen molar-refractivity contribution in [3.8, 4) is 6.07 Å². The van der Waals surface area contributed by atoms with Gasteiger partial charge in [-0.3, -0.25) is 19.3 Å². The van der Waals surface area contributed by atoms with Gasteiger partial charge in [0.2, 0.25) is 17.7 Å². The van der Waals surface area contributed by atoms with Crippen LogP contribution in [-0.4, -0.2) is 75.7 Å². The van der Waals surface area contributed by atoms with Crippen LogP contribution in [0.3, 0.4) is 0 Å². The number of fused-ring (bicyclic) bond motifs is 3. The van der Waals surface area contributed by atoms with Gasteiger partial charge in [-0.15, -0.1) is 0 Å². The Morgan fingerprint density at radius 2 is 1.94 bits per heavy atom. The minimum absolute atomic E-state index is 0.0470. The maximum Gasteiger partial charge on any atom is 0.248 e. The van der Waals surface area contributed by atoms with E-state index in [4.69, 9.17) is 11.5 Å². The zero-order chi connectivity index (χ0) is 22.7. The third-order valence-corrected chi connectivity index (χ3v) is 7.67. The Morgan fingerprint density at radius 1 is 1.22 bits per heavy atom. The zero-order valence-electron chi connectivity index (χ0n) is 18.1. The van der Waals surface area contributed by atoms with Crippen molar-refractivity contribution in [1.29, 1.82) is 5.26 Å². The number of benzene rings is 1. The number of nitrogens with two attached hydrogens (primary N) is 2. The number of piperazine rings is 1. The zero-order valence-corrected chi connectivity index (χ0v) is 18.1. The van der Waals surface area contributed by atoms with Gasteiger partial charge in [0, 0.05) is 30.7 Å². The molecule has 1 aromatic carbocycles. The smallest absolute Gasteiger partial charge is 0.248 e. The molecule has 3 heterocycles. The highest BCUT2D eigenvalue weighted by Gasteiger charge is 2.56. The summed E-state index contributed by atoms with van der Waals surface area (Å²) in [6, 6.07) is 8.01. The van der Waals surface area contributed by atoms with Crippen LogP contribution < -0.4 is 11.5 Å². The predicted octanol–water partition coefficient (Wildman–Crippen LogP) is -0.0281. The second-order valence-electron chi connectivity index (χ2n) is 9.56. The Bertz CT molecular complexity index is 1000. The number of amides is 3. The molecular weight excluding hydrogens is 408 g/mol. The third kappa shape index (κ3) is 3.26. The average molecular weight is 437 g/mol. The Labute approximate surface area is 186 Å². The van der Waals surface area contributed by atoms with Crippen molar-refractivity contribution in [3.63, 3.8) is 0 Å². The highest BCUT2D eigenvalue weighted by Crippen LogP contribution is 2.48. The van der Waals surface area contributed by atoms with Gasteiger partial charge in [0.25, 0.3) is 0 Å². The number of nitrogens with zero attached hydrogens (tertiary/aromatic N) is 4. The predicted molar refractivity (Wildman–Crippen MR) is 115 cm³/mol. The molecular formula is C23H28N6O3. The summed E-state index contributed by atoms with van der Waals surface area (Å²) in [6.07, 6.45) is 2.44. The molecule has 2 bridgehead atoms. The lowest BCUT2D eigenvalue weighted by Gasteiger charge is -2.38. The molecule has 1 saturated carbocycles. The molecule has 3 amide bonds. The molecule has 32 heavy (non-hydrogen) atoms. The molecule has 1 unspecified atom stereocenters. The molecule has 0 aromatic heterocycles. The van der Waals surface area contributed by atoms with E-state index in [2.05, 4.69) is 6.07 Å². The van der Waals surface area contributed by atoms with Gasteiger partial charge >= 0.3 is 0 Å². The molecule has 168 valence electrons. The Balaban J connectivity index is 1.22. The first kappa shape index (κ1) is 20.9. The lowest BCUT2D eigenvalue weighted by Crippen LogP contribution is -2.57. The summed E-state index contributed by atoms with van der Waals surface area (Å²) in [7, 11) is 0. The van der Waals surface area contributed by atoms with Crippen molar-refractivity contribution >= 4 is 17.7 Å². The molecule has 7 atom stereocenters. The summed E-state index contributed by atoms with van der Waals surface area (Å²) in [5, 5.41) is 9.36. The van der Waals surface area contributed by atoms with Crippen LogP contribution in [0, 0.1) is 17.2 Å². The van der Waals surface area contributed by atoms with Crippen LogP contribution >= 0.6 is 0 Å². The maximum absolute atomic E-state index is 13.2. The lowest BCUT2D eigenvalue weighted by molar-refractivity contribution is -0.141. The fraction of sp³-hybridized carbons (Fsp3) is 0.565. The topological polar surface area (TPSA) is 137 Å². The van der Waals surface area contributed by atoms with Gasteiger partial charge in [0.1, 0.15) is 6.04 Å². The fourth-order valence-electron chi connectivity index (χ4n) is 5.90. The first-order chi connectivity index (χ1) is 15.3. The average Bonchev–Trinajstić information content (AvgIpc) is 3.11. The Kier molecular flexibility index (Phi) is 4.95. The Hall–Kier alpha value is -2.96. The SMILES string of the molecule is C[C@@H](c1ccc(C(N)=O)cc1)N1C(=O)[C@H]2C[C@@H]1CN2C[C@H](N)C(=O)N1C2C[C@H]2C[C@H]1C#N. The number of likely N-dealkylation sites (tertiary alicyclic amines) is 3. The molecule has 0 radical (unpaired) electrons. The van der Waals surface area contributed by atoms with Crippen LogP contribution in [0.5, 0.6) is 0 Å². The number of hydrogen-bond donors (Lipinski definition) is 2. The van der Waals surface area contributed by atoms with Gasteiger partial charge in [-0.25, -0.2) is 0 Å². The minimum atomic E-state index is -0.732. The van der Waals surface area contributed by atoms with Crippen molar-refractivity contribution in [3.05, 3.63) is 35.4 Å². The number of hydrogen-bond acceptors (Lipinski definition) is 6. The van der Waals surface area contributed by atoms with E-state index in [-0.39, 0.29) is 42.0 Å². The number of carbonyl (C=O) groups is 3. The molecule has 1 aliphatic carbocycles. The van der Waals surface area contributed by atoms with Crippen molar-refractivity contribution < 1.29 is 14.4 Å². The molecule has 5 rings (SSSR count).